The first-order valence-electron chi connectivity index (χ1n) is 7.49. The van der Waals surface area contributed by atoms with E-state index in [0.29, 0.717) is 12.5 Å². The molecule has 2 unspecified atom stereocenters. The van der Waals surface area contributed by atoms with Gasteiger partial charge in [-0.2, -0.15) is 0 Å². The maximum Gasteiger partial charge on any atom is 0.211 e. The van der Waals surface area contributed by atoms with Crippen molar-refractivity contribution in [3.05, 3.63) is 0 Å². The zero-order valence-corrected chi connectivity index (χ0v) is 12.5. The van der Waals surface area contributed by atoms with Crippen molar-refractivity contribution in [1.29, 1.82) is 0 Å². The summed E-state index contributed by atoms with van der Waals surface area (Å²) in [6.07, 6.45) is 1.31. The summed E-state index contributed by atoms with van der Waals surface area (Å²) >= 11 is 0. The molecule has 1 saturated carbocycles. The molecule has 0 radical (unpaired) electrons. The zero-order valence-electron chi connectivity index (χ0n) is 11.6. The molecular weight excluding hydrogens is 262 g/mol. The van der Waals surface area contributed by atoms with Gasteiger partial charge in [-0.25, -0.2) is 13.1 Å². The number of hydrogen-bond acceptors (Lipinski definition) is 4. The lowest BCUT2D eigenvalue weighted by molar-refractivity contribution is 0.248. The molecule has 6 heteroatoms. The second-order valence-corrected chi connectivity index (χ2v) is 8.42. The fraction of sp³-hybridized carbons (Fsp3) is 1.00. The molecule has 5 nitrogen and oxygen atoms in total. The molecule has 110 valence electrons. The molecule has 0 aromatic carbocycles. The highest BCUT2D eigenvalue weighted by atomic mass is 32.2. The Bertz CT molecular complexity index is 408. The Kier molecular flexibility index (Phi) is 3.86. The van der Waals surface area contributed by atoms with Crippen molar-refractivity contribution in [1.82, 2.24) is 14.9 Å². The molecule has 0 aromatic rings. The molecule has 3 aliphatic rings. The summed E-state index contributed by atoms with van der Waals surface area (Å²) in [5, 5.41) is 3.42. The van der Waals surface area contributed by atoms with Crippen LogP contribution in [0.5, 0.6) is 0 Å². The Morgan fingerprint density at radius 1 is 1.32 bits per heavy atom. The first-order chi connectivity index (χ1) is 9.09. The summed E-state index contributed by atoms with van der Waals surface area (Å²) in [6, 6.07) is 0. The minimum absolute atomic E-state index is 0.190. The van der Waals surface area contributed by atoms with Gasteiger partial charge < -0.3 is 10.2 Å². The van der Waals surface area contributed by atoms with E-state index in [0.717, 1.165) is 17.8 Å². The van der Waals surface area contributed by atoms with Crippen LogP contribution in [0, 0.1) is 23.7 Å². The van der Waals surface area contributed by atoms with Crippen LogP contribution in [-0.2, 0) is 10.0 Å². The largest absolute Gasteiger partial charge is 0.316 e. The lowest BCUT2D eigenvalue weighted by Crippen LogP contribution is -2.34. The fourth-order valence-electron chi connectivity index (χ4n) is 3.75. The standard InChI is InChI=1S/C13H25N3O2S/c1-2-19(17,18)15-6-11-12-8-16(9-13(11)12)7-10-3-4-14-5-10/h10-15H,2-9H2,1H3/t10-,11?,12?,13?/m1/s1. The summed E-state index contributed by atoms with van der Waals surface area (Å²) in [5.74, 6) is 3.10. The number of rotatable bonds is 6. The lowest BCUT2D eigenvalue weighted by Gasteiger charge is -2.22. The lowest BCUT2D eigenvalue weighted by atomic mass is 10.1. The highest BCUT2D eigenvalue weighted by Crippen LogP contribution is 2.51. The third kappa shape index (κ3) is 3.12. The number of nitrogens with one attached hydrogen (secondary N) is 2. The number of fused-ring (bicyclic) bond motifs is 1. The summed E-state index contributed by atoms with van der Waals surface area (Å²) in [6.45, 7) is 8.28. The molecule has 0 amide bonds. The van der Waals surface area contributed by atoms with Crippen molar-refractivity contribution in [2.75, 3.05) is 45.0 Å². The van der Waals surface area contributed by atoms with E-state index in [1.807, 2.05) is 0 Å². The second kappa shape index (κ2) is 5.31. The Hall–Kier alpha value is -0.170. The molecule has 0 bridgehead atoms. The van der Waals surface area contributed by atoms with Crippen molar-refractivity contribution in [2.24, 2.45) is 23.7 Å². The Morgan fingerprint density at radius 2 is 2.05 bits per heavy atom. The molecule has 2 aliphatic heterocycles. The highest BCUT2D eigenvalue weighted by molar-refractivity contribution is 7.89. The Labute approximate surface area is 116 Å². The smallest absolute Gasteiger partial charge is 0.211 e. The summed E-state index contributed by atoms with van der Waals surface area (Å²) in [4.78, 5) is 2.58. The molecule has 2 saturated heterocycles. The molecule has 0 aromatic heterocycles. The molecule has 19 heavy (non-hydrogen) atoms. The number of piperidine rings is 1. The monoisotopic (exact) mass is 287 g/mol. The van der Waals surface area contributed by atoms with Crippen molar-refractivity contribution >= 4 is 10.0 Å². The topological polar surface area (TPSA) is 61.4 Å². The molecule has 0 spiro atoms. The summed E-state index contributed by atoms with van der Waals surface area (Å²) in [7, 11) is -3.01. The SMILES string of the molecule is CCS(=O)(=O)NCC1C2CN(C[C@@H]3CCNC3)CC12. The van der Waals surface area contributed by atoms with Gasteiger partial charge in [0.05, 0.1) is 5.75 Å². The van der Waals surface area contributed by atoms with Crippen LogP contribution >= 0.6 is 0 Å². The maximum atomic E-state index is 11.4. The molecule has 1 aliphatic carbocycles. The van der Waals surface area contributed by atoms with Gasteiger partial charge in [0.15, 0.2) is 0 Å². The Morgan fingerprint density at radius 3 is 2.63 bits per heavy atom. The third-order valence-electron chi connectivity index (χ3n) is 5.04. The predicted octanol–water partition coefficient (Wildman–Crippen LogP) is -0.287. The van der Waals surface area contributed by atoms with Gasteiger partial charge in [-0.3, -0.25) is 0 Å². The molecular formula is C13H25N3O2S. The van der Waals surface area contributed by atoms with Crippen LogP contribution in [0.2, 0.25) is 0 Å². The predicted molar refractivity (Wildman–Crippen MR) is 75.4 cm³/mol. The van der Waals surface area contributed by atoms with Crippen LogP contribution in [0.15, 0.2) is 0 Å². The molecule has 2 N–H and O–H groups in total. The minimum atomic E-state index is -3.01. The average molecular weight is 287 g/mol. The third-order valence-corrected chi connectivity index (χ3v) is 6.41. The normalized spacial score (nSPS) is 38.6. The van der Waals surface area contributed by atoms with Crippen LogP contribution in [-0.4, -0.2) is 58.3 Å². The van der Waals surface area contributed by atoms with E-state index >= 15 is 0 Å². The van der Waals surface area contributed by atoms with Crippen LogP contribution in [0.4, 0.5) is 0 Å². The highest BCUT2D eigenvalue weighted by Gasteiger charge is 2.55. The minimum Gasteiger partial charge on any atom is -0.316 e. The van der Waals surface area contributed by atoms with E-state index in [2.05, 4.69) is 14.9 Å². The first kappa shape index (κ1) is 13.8. The van der Waals surface area contributed by atoms with Crippen molar-refractivity contribution in [3.63, 3.8) is 0 Å². The van der Waals surface area contributed by atoms with Gasteiger partial charge in [0.25, 0.3) is 0 Å². The molecule has 3 atom stereocenters. The van der Waals surface area contributed by atoms with Crippen LogP contribution in [0.1, 0.15) is 13.3 Å². The second-order valence-electron chi connectivity index (χ2n) is 6.32. The Balaban J connectivity index is 1.38. The number of hydrogen-bond donors (Lipinski definition) is 2. The number of likely N-dealkylation sites (tertiary alicyclic amines) is 1. The molecule has 3 rings (SSSR count). The maximum absolute atomic E-state index is 11.4. The fourth-order valence-corrected chi connectivity index (χ4v) is 4.40. The molecule has 2 heterocycles. The van der Waals surface area contributed by atoms with Gasteiger partial charge in [-0.1, -0.05) is 0 Å². The average Bonchev–Trinajstić information content (AvgIpc) is 2.79. The van der Waals surface area contributed by atoms with Gasteiger partial charge in [0, 0.05) is 26.2 Å². The van der Waals surface area contributed by atoms with Gasteiger partial charge >= 0.3 is 0 Å². The van der Waals surface area contributed by atoms with Gasteiger partial charge in [0.2, 0.25) is 10.0 Å². The van der Waals surface area contributed by atoms with Gasteiger partial charge in [-0.15, -0.1) is 0 Å². The summed E-state index contributed by atoms with van der Waals surface area (Å²) < 4.78 is 25.6. The first-order valence-corrected chi connectivity index (χ1v) is 9.14. The van der Waals surface area contributed by atoms with Crippen LogP contribution in [0.3, 0.4) is 0 Å². The van der Waals surface area contributed by atoms with E-state index in [1.165, 1.54) is 39.1 Å². The van der Waals surface area contributed by atoms with E-state index in [9.17, 15) is 8.42 Å². The van der Waals surface area contributed by atoms with E-state index < -0.39 is 10.0 Å². The van der Waals surface area contributed by atoms with Crippen molar-refractivity contribution in [3.8, 4) is 0 Å². The quantitative estimate of drug-likeness (QED) is 0.705. The molecule has 3 fully saturated rings. The summed E-state index contributed by atoms with van der Waals surface area (Å²) in [5.41, 5.74) is 0. The zero-order chi connectivity index (χ0) is 13.5. The van der Waals surface area contributed by atoms with Gasteiger partial charge in [-0.05, 0) is 50.1 Å². The van der Waals surface area contributed by atoms with Crippen LogP contribution < -0.4 is 10.0 Å². The number of sulfonamides is 1. The van der Waals surface area contributed by atoms with E-state index in [4.69, 9.17) is 0 Å². The van der Waals surface area contributed by atoms with E-state index in [1.54, 1.807) is 6.92 Å². The van der Waals surface area contributed by atoms with Crippen LogP contribution in [0.25, 0.3) is 0 Å². The van der Waals surface area contributed by atoms with E-state index in [-0.39, 0.29) is 5.75 Å². The van der Waals surface area contributed by atoms with Crippen molar-refractivity contribution < 1.29 is 8.42 Å². The number of nitrogens with zero attached hydrogens (tertiary/aromatic N) is 1. The van der Waals surface area contributed by atoms with Crippen molar-refractivity contribution in [2.45, 2.75) is 13.3 Å². The van der Waals surface area contributed by atoms with Gasteiger partial charge in [0.1, 0.15) is 0 Å².